The van der Waals surface area contributed by atoms with Gasteiger partial charge in [0.1, 0.15) is 0 Å². The SMILES string of the molecule is O=[N+]([O-])c1ccc(Cl)c(S(=O)(=O)NN2CCCC2)c1O. The van der Waals surface area contributed by atoms with E-state index in [1.54, 1.807) is 0 Å². The lowest BCUT2D eigenvalue weighted by atomic mass is 10.3. The largest absolute Gasteiger partial charge is 0.501 e. The van der Waals surface area contributed by atoms with Crippen molar-refractivity contribution in [2.45, 2.75) is 17.7 Å². The number of halogens is 1. The summed E-state index contributed by atoms with van der Waals surface area (Å²) in [5.41, 5.74) is -0.712. The molecule has 0 aromatic heterocycles. The highest BCUT2D eigenvalue weighted by atomic mass is 35.5. The predicted molar refractivity (Wildman–Crippen MR) is 70.9 cm³/mol. The van der Waals surface area contributed by atoms with Crippen LogP contribution in [0.2, 0.25) is 5.02 Å². The third-order valence-electron chi connectivity index (χ3n) is 2.88. The molecular weight excluding hydrogens is 310 g/mol. The van der Waals surface area contributed by atoms with Gasteiger partial charge in [-0.2, -0.15) is 0 Å². The van der Waals surface area contributed by atoms with E-state index >= 15 is 0 Å². The van der Waals surface area contributed by atoms with E-state index in [4.69, 9.17) is 11.6 Å². The summed E-state index contributed by atoms with van der Waals surface area (Å²) in [6.45, 7) is 1.07. The molecule has 2 N–H and O–H groups in total. The number of nitro groups is 1. The van der Waals surface area contributed by atoms with Gasteiger partial charge in [0.2, 0.25) is 5.75 Å². The number of aromatic hydroxyl groups is 1. The zero-order chi connectivity index (χ0) is 14.9. The van der Waals surface area contributed by atoms with Crippen molar-refractivity contribution in [2.24, 2.45) is 0 Å². The number of sulfonamides is 1. The molecule has 110 valence electrons. The number of nitrogens with one attached hydrogen (secondary N) is 1. The van der Waals surface area contributed by atoms with Crippen LogP contribution in [0.1, 0.15) is 12.8 Å². The molecule has 0 saturated carbocycles. The fourth-order valence-corrected chi connectivity index (χ4v) is 3.72. The van der Waals surface area contributed by atoms with Crippen LogP contribution in [0.3, 0.4) is 0 Å². The van der Waals surface area contributed by atoms with Gasteiger partial charge in [-0.1, -0.05) is 11.6 Å². The van der Waals surface area contributed by atoms with Crippen LogP contribution in [0.5, 0.6) is 5.75 Å². The van der Waals surface area contributed by atoms with Crippen LogP contribution in [0.25, 0.3) is 0 Å². The second kappa shape index (κ2) is 5.52. The van der Waals surface area contributed by atoms with Gasteiger partial charge in [-0.15, -0.1) is 4.83 Å². The molecule has 0 aliphatic carbocycles. The maximum absolute atomic E-state index is 12.2. The molecule has 20 heavy (non-hydrogen) atoms. The molecule has 1 aliphatic rings. The number of rotatable bonds is 4. The van der Waals surface area contributed by atoms with Gasteiger partial charge in [-0.05, 0) is 18.9 Å². The Hall–Kier alpha value is -1.42. The van der Waals surface area contributed by atoms with Gasteiger partial charge >= 0.3 is 5.69 Å². The normalized spacial score (nSPS) is 16.4. The first-order valence-corrected chi connectivity index (χ1v) is 7.62. The fraction of sp³-hybridized carbons (Fsp3) is 0.400. The summed E-state index contributed by atoms with van der Waals surface area (Å²) < 4.78 is 24.4. The molecule has 0 atom stereocenters. The number of nitrogens with zero attached hydrogens (tertiary/aromatic N) is 2. The van der Waals surface area contributed by atoms with E-state index < -0.39 is 31.3 Å². The van der Waals surface area contributed by atoms with Gasteiger partial charge in [-0.3, -0.25) is 10.1 Å². The Morgan fingerprint density at radius 2 is 1.95 bits per heavy atom. The van der Waals surface area contributed by atoms with Crippen molar-refractivity contribution in [1.82, 2.24) is 9.84 Å². The average Bonchev–Trinajstić information content (AvgIpc) is 2.79. The topological polar surface area (TPSA) is 113 Å². The van der Waals surface area contributed by atoms with E-state index in [-0.39, 0.29) is 5.02 Å². The van der Waals surface area contributed by atoms with E-state index in [1.165, 1.54) is 5.01 Å². The van der Waals surface area contributed by atoms with Crippen molar-refractivity contribution in [3.63, 3.8) is 0 Å². The third kappa shape index (κ3) is 2.85. The minimum Gasteiger partial charge on any atom is -0.501 e. The standard InChI is InChI=1S/C10H12ClN3O5S/c11-7-3-4-8(14(16)17)9(15)10(7)20(18,19)12-13-5-1-2-6-13/h3-4,12,15H,1-2,5-6H2. The van der Waals surface area contributed by atoms with Crippen LogP contribution >= 0.6 is 11.6 Å². The molecule has 0 spiro atoms. The average molecular weight is 322 g/mol. The number of hydrogen-bond donors (Lipinski definition) is 2. The van der Waals surface area contributed by atoms with Gasteiger partial charge < -0.3 is 5.11 Å². The molecular formula is C10H12ClN3O5S. The Kier molecular flexibility index (Phi) is 4.14. The number of hydrogen-bond acceptors (Lipinski definition) is 6. The first-order chi connectivity index (χ1) is 9.33. The molecule has 1 aliphatic heterocycles. The van der Waals surface area contributed by atoms with Crippen LogP contribution in [0.15, 0.2) is 17.0 Å². The molecule has 2 rings (SSSR count). The van der Waals surface area contributed by atoms with Crippen molar-refractivity contribution in [3.05, 3.63) is 27.3 Å². The molecule has 8 nitrogen and oxygen atoms in total. The van der Waals surface area contributed by atoms with Gasteiger partial charge in [0, 0.05) is 19.2 Å². The number of phenolic OH excluding ortho intramolecular Hbond substituents is 1. The lowest BCUT2D eigenvalue weighted by Gasteiger charge is -2.17. The molecule has 1 aromatic rings. The minimum atomic E-state index is -4.17. The van der Waals surface area contributed by atoms with Crippen LogP contribution < -0.4 is 4.83 Å². The van der Waals surface area contributed by atoms with Crippen LogP contribution in [0.4, 0.5) is 5.69 Å². The summed E-state index contributed by atoms with van der Waals surface area (Å²) in [5, 5.41) is 21.7. The monoisotopic (exact) mass is 321 g/mol. The Labute approximate surface area is 120 Å². The van der Waals surface area contributed by atoms with Gasteiger partial charge in [0.15, 0.2) is 4.90 Å². The molecule has 0 unspecified atom stereocenters. The number of hydrazine groups is 1. The Morgan fingerprint density at radius 3 is 2.50 bits per heavy atom. The number of nitro benzene ring substituents is 1. The molecule has 0 radical (unpaired) electrons. The van der Waals surface area contributed by atoms with E-state index in [0.29, 0.717) is 13.1 Å². The van der Waals surface area contributed by atoms with Gasteiger partial charge in [-0.25, -0.2) is 13.4 Å². The fourth-order valence-electron chi connectivity index (χ4n) is 1.96. The van der Waals surface area contributed by atoms with Crippen molar-refractivity contribution >= 4 is 27.3 Å². The summed E-state index contributed by atoms with van der Waals surface area (Å²) >= 11 is 5.76. The van der Waals surface area contributed by atoms with Crippen LogP contribution in [-0.4, -0.2) is 36.5 Å². The summed E-state index contributed by atoms with van der Waals surface area (Å²) in [7, 11) is -4.17. The van der Waals surface area contributed by atoms with Crippen molar-refractivity contribution < 1.29 is 18.4 Å². The van der Waals surface area contributed by atoms with Crippen LogP contribution in [0, 0.1) is 10.1 Å². The first-order valence-electron chi connectivity index (χ1n) is 5.76. The Morgan fingerprint density at radius 1 is 1.35 bits per heavy atom. The molecule has 1 saturated heterocycles. The molecule has 1 aromatic carbocycles. The van der Waals surface area contributed by atoms with E-state index in [1.807, 2.05) is 0 Å². The quantitative estimate of drug-likeness (QED) is 0.637. The zero-order valence-corrected chi connectivity index (χ0v) is 11.8. The zero-order valence-electron chi connectivity index (χ0n) is 10.2. The predicted octanol–water partition coefficient (Wildman–Crippen LogP) is 1.24. The molecule has 1 heterocycles. The highest BCUT2D eigenvalue weighted by Gasteiger charge is 2.31. The van der Waals surface area contributed by atoms with E-state index in [0.717, 1.165) is 25.0 Å². The molecule has 0 bridgehead atoms. The second-order valence-corrected chi connectivity index (χ2v) is 6.30. The van der Waals surface area contributed by atoms with E-state index in [2.05, 4.69) is 4.83 Å². The highest BCUT2D eigenvalue weighted by molar-refractivity contribution is 7.89. The molecule has 0 amide bonds. The van der Waals surface area contributed by atoms with Gasteiger partial charge in [0.05, 0.1) is 9.95 Å². The molecule has 10 heteroatoms. The summed E-state index contributed by atoms with van der Waals surface area (Å²) in [4.78, 5) is 11.4. The Bertz CT molecular complexity index is 643. The van der Waals surface area contributed by atoms with Crippen molar-refractivity contribution in [3.8, 4) is 5.75 Å². The summed E-state index contributed by atoms with van der Waals surface area (Å²) in [5.74, 6) is -0.964. The summed E-state index contributed by atoms with van der Waals surface area (Å²) in [6, 6.07) is 2.02. The number of benzene rings is 1. The summed E-state index contributed by atoms with van der Waals surface area (Å²) in [6.07, 6.45) is 1.69. The highest BCUT2D eigenvalue weighted by Crippen LogP contribution is 2.37. The number of phenols is 1. The van der Waals surface area contributed by atoms with E-state index in [9.17, 15) is 23.6 Å². The van der Waals surface area contributed by atoms with Crippen molar-refractivity contribution in [2.75, 3.05) is 13.1 Å². The minimum absolute atomic E-state index is 0.278. The van der Waals surface area contributed by atoms with Crippen molar-refractivity contribution in [1.29, 1.82) is 0 Å². The first kappa shape index (κ1) is 15.0. The second-order valence-electron chi connectivity index (χ2n) is 4.29. The van der Waals surface area contributed by atoms with Gasteiger partial charge in [0.25, 0.3) is 10.0 Å². The lowest BCUT2D eigenvalue weighted by Crippen LogP contribution is -2.40. The maximum atomic E-state index is 12.2. The molecule has 1 fully saturated rings. The third-order valence-corrected chi connectivity index (χ3v) is 4.76. The Balaban J connectivity index is 2.44. The smallest absolute Gasteiger partial charge is 0.312 e. The maximum Gasteiger partial charge on any atom is 0.312 e. The lowest BCUT2D eigenvalue weighted by molar-refractivity contribution is -0.386. The van der Waals surface area contributed by atoms with Crippen LogP contribution in [-0.2, 0) is 10.0 Å².